The largest absolute Gasteiger partial charge is 0.481 e. The molecular formula is C13H26N2O3. The van der Waals surface area contributed by atoms with Crippen LogP contribution in [0.2, 0.25) is 0 Å². The van der Waals surface area contributed by atoms with Crippen molar-refractivity contribution in [1.82, 2.24) is 9.80 Å². The minimum absolute atomic E-state index is 0.000677. The van der Waals surface area contributed by atoms with Crippen LogP contribution in [-0.2, 0) is 4.79 Å². The van der Waals surface area contributed by atoms with Crippen molar-refractivity contribution >= 4 is 12.0 Å². The van der Waals surface area contributed by atoms with E-state index in [0.717, 1.165) is 0 Å². The summed E-state index contributed by atoms with van der Waals surface area (Å²) in [7, 11) is 1.75. The first-order valence-corrected chi connectivity index (χ1v) is 6.28. The van der Waals surface area contributed by atoms with Gasteiger partial charge in [0.2, 0.25) is 0 Å². The third kappa shape index (κ3) is 6.47. The van der Waals surface area contributed by atoms with Gasteiger partial charge in [-0.1, -0.05) is 20.8 Å². The van der Waals surface area contributed by atoms with Gasteiger partial charge in [0.1, 0.15) is 0 Å². The lowest BCUT2D eigenvalue weighted by molar-refractivity contribution is -0.137. The average molecular weight is 258 g/mol. The molecule has 0 spiro atoms. The summed E-state index contributed by atoms with van der Waals surface area (Å²) in [6, 6.07) is -0.111. The first-order chi connectivity index (χ1) is 8.04. The second kappa shape index (κ2) is 6.61. The smallest absolute Gasteiger partial charge is 0.320 e. The molecular weight excluding hydrogens is 232 g/mol. The maximum absolute atomic E-state index is 12.2. The third-order valence-electron chi connectivity index (χ3n) is 2.47. The molecule has 0 aliphatic rings. The molecule has 0 saturated heterocycles. The maximum atomic E-state index is 12.2. The van der Waals surface area contributed by atoms with Crippen molar-refractivity contribution in [2.45, 2.75) is 47.1 Å². The second-order valence-corrected chi connectivity index (χ2v) is 6.13. The molecule has 0 heterocycles. The standard InChI is InChI=1S/C13H26N2O3/c1-10(2)15(8-7-11(16)17)12(18)14(6)9-13(3,4)5/h10H,7-9H2,1-6H3,(H,16,17). The van der Waals surface area contributed by atoms with Crippen LogP contribution < -0.4 is 0 Å². The Morgan fingerprint density at radius 1 is 1.22 bits per heavy atom. The zero-order chi connectivity index (χ0) is 14.5. The Bertz CT molecular complexity index is 295. The van der Waals surface area contributed by atoms with Crippen LogP contribution in [0.25, 0.3) is 0 Å². The Hall–Kier alpha value is -1.26. The lowest BCUT2D eigenvalue weighted by Crippen LogP contribution is -2.47. The number of hydrogen-bond donors (Lipinski definition) is 1. The van der Waals surface area contributed by atoms with Gasteiger partial charge in [0, 0.05) is 26.2 Å². The molecule has 0 aromatic rings. The molecule has 0 saturated carbocycles. The van der Waals surface area contributed by atoms with Crippen LogP contribution in [-0.4, -0.2) is 53.1 Å². The molecule has 0 aromatic heterocycles. The Balaban J connectivity index is 4.60. The van der Waals surface area contributed by atoms with Crippen LogP contribution in [0.4, 0.5) is 4.79 Å². The van der Waals surface area contributed by atoms with Gasteiger partial charge in [0.25, 0.3) is 0 Å². The molecule has 0 fully saturated rings. The highest BCUT2D eigenvalue weighted by Crippen LogP contribution is 2.16. The molecule has 2 amide bonds. The summed E-state index contributed by atoms with van der Waals surface area (Å²) in [5.41, 5.74) is 0.0276. The SMILES string of the molecule is CC(C)N(CCC(=O)O)C(=O)N(C)CC(C)(C)C. The summed E-state index contributed by atoms with van der Waals surface area (Å²) >= 11 is 0. The molecule has 1 N–H and O–H groups in total. The van der Waals surface area contributed by atoms with E-state index in [2.05, 4.69) is 20.8 Å². The number of carboxylic acids is 1. The van der Waals surface area contributed by atoms with Gasteiger partial charge in [0.05, 0.1) is 6.42 Å². The molecule has 0 radical (unpaired) electrons. The Morgan fingerprint density at radius 2 is 1.72 bits per heavy atom. The number of nitrogens with zero attached hydrogens (tertiary/aromatic N) is 2. The number of rotatable bonds is 5. The summed E-state index contributed by atoms with van der Waals surface area (Å²) in [4.78, 5) is 26.1. The van der Waals surface area contributed by atoms with E-state index in [1.807, 2.05) is 13.8 Å². The van der Waals surface area contributed by atoms with Gasteiger partial charge in [0.15, 0.2) is 0 Å². The molecule has 5 nitrogen and oxygen atoms in total. The summed E-state index contributed by atoms with van der Waals surface area (Å²) < 4.78 is 0. The van der Waals surface area contributed by atoms with E-state index < -0.39 is 5.97 Å². The Kier molecular flexibility index (Phi) is 6.15. The van der Waals surface area contributed by atoms with Crippen molar-refractivity contribution in [2.24, 2.45) is 5.41 Å². The van der Waals surface area contributed by atoms with Crippen molar-refractivity contribution in [1.29, 1.82) is 0 Å². The van der Waals surface area contributed by atoms with Gasteiger partial charge in [-0.05, 0) is 19.3 Å². The van der Waals surface area contributed by atoms with Gasteiger partial charge < -0.3 is 14.9 Å². The van der Waals surface area contributed by atoms with Gasteiger partial charge in [-0.2, -0.15) is 0 Å². The van der Waals surface area contributed by atoms with Crippen molar-refractivity contribution in [3.63, 3.8) is 0 Å². The second-order valence-electron chi connectivity index (χ2n) is 6.13. The molecule has 0 atom stereocenters. The fourth-order valence-electron chi connectivity index (χ4n) is 1.79. The lowest BCUT2D eigenvalue weighted by Gasteiger charge is -2.34. The van der Waals surface area contributed by atoms with Crippen LogP contribution in [0.5, 0.6) is 0 Å². The monoisotopic (exact) mass is 258 g/mol. The first kappa shape index (κ1) is 16.7. The van der Waals surface area contributed by atoms with E-state index >= 15 is 0 Å². The van der Waals surface area contributed by atoms with Crippen LogP contribution >= 0.6 is 0 Å². The highest BCUT2D eigenvalue weighted by Gasteiger charge is 2.24. The van der Waals surface area contributed by atoms with Crippen LogP contribution in [0.15, 0.2) is 0 Å². The zero-order valence-electron chi connectivity index (χ0n) is 12.4. The van der Waals surface area contributed by atoms with Gasteiger partial charge >= 0.3 is 12.0 Å². The topological polar surface area (TPSA) is 60.9 Å². The van der Waals surface area contributed by atoms with Crippen LogP contribution in [0.3, 0.4) is 0 Å². The van der Waals surface area contributed by atoms with Gasteiger partial charge in [-0.3, -0.25) is 4.79 Å². The van der Waals surface area contributed by atoms with Gasteiger partial charge in [-0.15, -0.1) is 0 Å². The van der Waals surface area contributed by atoms with Crippen molar-refractivity contribution < 1.29 is 14.7 Å². The number of urea groups is 1. The quantitative estimate of drug-likeness (QED) is 0.823. The van der Waals surface area contributed by atoms with Crippen LogP contribution in [0.1, 0.15) is 41.0 Å². The number of carbonyl (C=O) groups is 2. The normalized spacial score (nSPS) is 11.5. The van der Waals surface area contributed by atoms with Crippen molar-refractivity contribution in [3.8, 4) is 0 Å². The Labute approximate surface area is 110 Å². The van der Waals surface area contributed by atoms with Crippen molar-refractivity contribution in [2.75, 3.05) is 20.1 Å². The predicted octanol–water partition coefficient (Wildman–Crippen LogP) is 2.27. The number of amides is 2. The van der Waals surface area contributed by atoms with E-state index in [1.54, 1.807) is 16.8 Å². The van der Waals surface area contributed by atoms with E-state index in [9.17, 15) is 9.59 Å². The molecule has 0 rings (SSSR count). The molecule has 0 aliphatic heterocycles. The fraction of sp³-hybridized carbons (Fsp3) is 0.846. The Morgan fingerprint density at radius 3 is 2.06 bits per heavy atom. The highest BCUT2D eigenvalue weighted by atomic mass is 16.4. The third-order valence-corrected chi connectivity index (χ3v) is 2.47. The van der Waals surface area contributed by atoms with E-state index in [0.29, 0.717) is 6.54 Å². The molecule has 0 unspecified atom stereocenters. The first-order valence-electron chi connectivity index (χ1n) is 6.28. The average Bonchev–Trinajstić information content (AvgIpc) is 2.13. The lowest BCUT2D eigenvalue weighted by atomic mass is 9.96. The molecule has 106 valence electrons. The number of hydrogen-bond acceptors (Lipinski definition) is 2. The number of aliphatic carboxylic acids is 1. The molecule has 0 bridgehead atoms. The van der Waals surface area contributed by atoms with Gasteiger partial charge in [-0.25, -0.2) is 4.79 Å². The van der Waals surface area contributed by atoms with Crippen molar-refractivity contribution in [3.05, 3.63) is 0 Å². The number of carboxylic acid groups (broad SMARTS) is 1. The van der Waals surface area contributed by atoms with E-state index in [1.165, 1.54) is 0 Å². The minimum Gasteiger partial charge on any atom is -0.481 e. The molecule has 0 aromatic carbocycles. The summed E-state index contributed by atoms with van der Waals surface area (Å²) in [5, 5.41) is 8.70. The highest BCUT2D eigenvalue weighted by molar-refractivity contribution is 5.75. The zero-order valence-corrected chi connectivity index (χ0v) is 12.4. The van der Waals surface area contributed by atoms with E-state index in [-0.39, 0.29) is 30.5 Å². The summed E-state index contributed by atoms with van der Waals surface area (Å²) in [6.45, 7) is 10.9. The predicted molar refractivity (Wildman–Crippen MR) is 71.6 cm³/mol. The fourth-order valence-corrected chi connectivity index (χ4v) is 1.79. The molecule has 5 heteroatoms. The van der Waals surface area contributed by atoms with Crippen LogP contribution in [0, 0.1) is 5.41 Å². The maximum Gasteiger partial charge on any atom is 0.320 e. The minimum atomic E-state index is -0.882. The molecule has 0 aliphatic carbocycles. The summed E-state index contributed by atoms with van der Waals surface area (Å²) in [6.07, 6.45) is -0.0206. The molecule has 18 heavy (non-hydrogen) atoms. The van der Waals surface area contributed by atoms with E-state index in [4.69, 9.17) is 5.11 Å². The number of carbonyl (C=O) groups excluding carboxylic acids is 1. The summed E-state index contributed by atoms with van der Waals surface area (Å²) in [5.74, 6) is -0.882.